The van der Waals surface area contributed by atoms with Crippen molar-refractivity contribution in [3.05, 3.63) is 84.4 Å². The van der Waals surface area contributed by atoms with E-state index in [1.165, 1.54) is 44.6 Å². The average Bonchev–Trinajstić information content (AvgIpc) is 2.94. The summed E-state index contributed by atoms with van der Waals surface area (Å²) < 4.78 is 64.1. The highest BCUT2D eigenvalue weighted by Crippen LogP contribution is 2.34. The Kier molecular flexibility index (Phi) is 10.5. The molecule has 210 valence electrons. The molecule has 3 aromatic rings. The van der Waals surface area contributed by atoms with Gasteiger partial charge in [0, 0.05) is 6.07 Å². The molecular weight excluding hydrogens is 540 g/mol. The molecule has 0 spiro atoms. The van der Waals surface area contributed by atoms with Gasteiger partial charge in [0.25, 0.3) is 0 Å². The van der Waals surface area contributed by atoms with E-state index >= 15 is 0 Å². The van der Waals surface area contributed by atoms with Gasteiger partial charge in [-0.3, -0.25) is 4.79 Å². The molecule has 8 nitrogen and oxygen atoms in total. The van der Waals surface area contributed by atoms with Gasteiger partial charge in [-0.2, -0.15) is 0 Å². The van der Waals surface area contributed by atoms with Gasteiger partial charge in [-0.05, 0) is 55.5 Å². The van der Waals surface area contributed by atoms with E-state index < -0.39 is 42.6 Å². The highest BCUT2D eigenvalue weighted by atomic mass is 32.2. The molecule has 3 aromatic carbocycles. The summed E-state index contributed by atoms with van der Waals surface area (Å²) in [5.41, 5.74) is 1.10. The lowest BCUT2D eigenvalue weighted by Crippen LogP contribution is -2.36. The molecule has 1 N–H and O–H groups in total. The van der Waals surface area contributed by atoms with Crippen molar-refractivity contribution in [3.8, 4) is 11.5 Å². The number of sulfone groups is 2. The number of carbonyl (C=O) groups is 1. The second-order valence-corrected chi connectivity index (χ2v) is 13.5. The van der Waals surface area contributed by atoms with Crippen LogP contribution in [0.1, 0.15) is 31.2 Å². The van der Waals surface area contributed by atoms with Crippen molar-refractivity contribution in [1.29, 1.82) is 0 Å². The molecular formula is C29H34O8S2. The normalized spacial score (nSPS) is 13.4. The van der Waals surface area contributed by atoms with Crippen LogP contribution in [0.25, 0.3) is 0 Å². The van der Waals surface area contributed by atoms with Gasteiger partial charge in [0.05, 0.1) is 40.9 Å². The number of aryl methyl sites for hydroxylation is 1. The third kappa shape index (κ3) is 7.83. The molecule has 0 aliphatic carbocycles. The van der Waals surface area contributed by atoms with Gasteiger partial charge in [0.15, 0.2) is 31.2 Å². The van der Waals surface area contributed by atoms with E-state index in [1.807, 2.05) is 30.3 Å². The summed E-state index contributed by atoms with van der Waals surface area (Å²) in [6.07, 6.45) is 1.52. The molecule has 0 aliphatic rings. The molecule has 0 saturated carbocycles. The second-order valence-electron chi connectivity index (χ2n) is 9.20. The molecule has 0 bridgehead atoms. The first-order valence-electron chi connectivity index (χ1n) is 12.6. The zero-order chi connectivity index (χ0) is 28.5. The lowest BCUT2D eigenvalue weighted by atomic mass is 9.97. The Labute approximate surface area is 230 Å². The van der Waals surface area contributed by atoms with Crippen molar-refractivity contribution in [3.63, 3.8) is 0 Å². The fraction of sp³-hybridized carbons (Fsp3) is 0.345. The van der Waals surface area contributed by atoms with Crippen LogP contribution >= 0.6 is 0 Å². The van der Waals surface area contributed by atoms with Crippen LogP contribution < -0.4 is 9.47 Å². The molecule has 3 rings (SSSR count). The molecule has 0 heterocycles. The summed E-state index contributed by atoms with van der Waals surface area (Å²) in [5, 5.41) is 8.80. The minimum absolute atomic E-state index is 0.0614. The summed E-state index contributed by atoms with van der Waals surface area (Å²) >= 11 is 0. The van der Waals surface area contributed by atoms with Crippen molar-refractivity contribution >= 4 is 25.6 Å². The number of benzene rings is 3. The summed E-state index contributed by atoms with van der Waals surface area (Å²) in [6, 6.07) is 21.6. The number of unbranched alkanes of at least 4 members (excludes halogenated alkanes) is 1. The Balaban J connectivity index is 1.91. The lowest BCUT2D eigenvalue weighted by Gasteiger charge is -2.25. The SMILES string of the molecule is COc1ccc(S(=O)(=O)C(CCCCc2ccccc2)C(CCS(=O)(=O)c2ccccc2)C(=O)O)cc1OC. The second kappa shape index (κ2) is 13.6. The van der Waals surface area contributed by atoms with Crippen molar-refractivity contribution in [2.45, 2.75) is 47.1 Å². The Morgan fingerprint density at radius 3 is 1.97 bits per heavy atom. The van der Waals surface area contributed by atoms with E-state index in [0.29, 0.717) is 25.0 Å². The monoisotopic (exact) mass is 574 g/mol. The number of rotatable bonds is 15. The van der Waals surface area contributed by atoms with Gasteiger partial charge in [-0.1, -0.05) is 55.0 Å². The van der Waals surface area contributed by atoms with E-state index in [0.717, 1.165) is 5.56 Å². The standard InChI is InChI=1S/C29H34O8S2/c1-36-26-18-17-24(21-27(26)37-2)39(34,35)28(16-10-9-13-22-11-5-3-6-12-22)25(29(30)31)19-20-38(32,33)23-14-7-4-8-15-23/h3-8,11-12,14-15,17-18,21,25,28H,9-10,13,16,19-20H2,1-2H3,(H,30,31). The zero-order valence-electron chi connectivity index (χ0n) is 22.0. The molecule has 0 amide bonds. The molecule has 10 heteroatoms. The summed E-state index contributed by atoms with van der Waals surface area (Å²) in [6.45, 7) is 0. The van der Waals surface area contributed by atoms with Crippen LogP contribution in [-0.2, 0) is 30.9 Å². The number of carboxylic acids is 1. The van der Waals surface area contributed by atoms with Crippen LogP contribution in [0.5, 0.6) is 11.5 Å². The van der Waals surface area contributed by atoms with Gasteiger partial charge >= 0.3 is 5.97 Å². The summed E-state index contributed by atoms with van der Waals surface area (Å²) in [5.74, 6) is -2.75. The molecule has 39 heavy (non-hydrogen) atoms. The first kappa shape index (κ1) is 30.2. The van der Waals surface area contributed by atoms with Crippen LogP contribution in [0.4, 0.5) is 0 Å². The molecule has 2 unspecified atom stereocenters. The Hall–Kier alpha value is -3.37. The van der Waals surface area contributed by atoms with Crippen molar-refractivity contribution in [2.24, 2.45) is 5.92 Å². The van der Waals surface area contributed by atoms with Crippen molar-refractivity contribution in [1.82, 2.24) is 0 Å². The van der Waals surface area contributed by atoms with E-state index in [9.17, 15) is 26.7 Å². The molecule has 0 aliphatic heterocycles. The Morgan fingerprint density at radius 1 is 0.769 bits per heavy atom. The van der Waals surface area contributed by atoms with E-state index in [-0.39, 0.29) is 28.4 Å². The van der Waals surface area contributed by atoms with Crippen LogP contribution in [0.3, 0.4) is 0 Å². The van der Waals surface area contributed by atoms with E-state index in [1.54, 1.807) is 18.2 Å². The van der Waals surface area contributed by atoms with Crippen LogP contribution in [0.15, 0.2) is 88.7 Å². The van der Waals surface area contributed by atoms with Crippen LogP contribution in [0, 0.1) is 5.92 Å². The van der Waals surface area contributed by atoms with Crippen molar-refractivity contribution in [2.75, 3.05) is 20.0 Å². The Bertz CT molecular complexity index is 1440. The van der Waals surface area contributed by atoms with Gasteiger partial charge in [0.2, 0.25) is 0 Å². The lowest BCUT2D eigenvalue weighted by molar-refractivity contribution is -0.141. The number of hydrogen-bond donors (Lipinski definition) is 1. The molecule has 0 fully saturated rings. The molecule has 0 radical (unpaired) electrons. The summed E-state index contributed by atoms with van der Waals surface area (Å²) in [4.78, 5) is 12.4. The fourth-order valence-corrected chi connectivity index (χ4v) is 7.97. The van der Waals surface area contributed by atoms with Gasteiger partial charge in [-0.25, -0.2) is 16.8 Å². The smallest absolute Gasteiger partial charge is 0.307 e. The third-order valence-corrected chi connectivity index (χ3v) is 10.7. The maximum Gasteiger partial charge on any atom is 0.307 e. The third-order valence-electron chi connectivity index (χ3n) is 6.69. The molecule has 2 atom stereocenters. The average molecular weight is 575 g/mol. The highest BCUT2D eigenvalue weighted by molar-refractivity contribution is 7.92. The van der Waals surface area contributed by atoms with Gasteiger partial charge in [-0.15, -0.1) is 0 Å². The van der Waals surface area contributed by atoms with Gasteiger partial charge < -0.3 is 14.6 Å². The van der Waals surface area contributed by atoms with E-state index in [2.05, 4.69) is 0 Å². The summed E-state index contributed by atoms with van der Waals surface area (Å²) in [7, 11) is -5.20. The van der Waals surface area contributed by atoms with Crippen LogP contribution in [-0.4, -0.2) is 53.1 Å². The Morgan fingerprint density at radius 2 is 1.38 bits per heavy atom. The predicted molar refractivity (Wildman–Crippen MR) is 149 cm³/mol. The van der Waals surface area contributed by atoms with E-state index in [4.69, 9.17) is 9.47 Å². The minimum atomic E-state index is -4.19. The maximum absolute atomic E-state index is 13.9. The van der Waals surface area contributed by atoms with Crippen LogP contribution in [0.2, 0.25) is 0 Å². The number of ether oxygens (including phenoxy) is 2. The topological polar surface area (TPSA) is 124 Å². The van der Waals surface area contributed by atoms with Gasteiger partial charge in [0.1, 0.15) is 0 Å². The van der Waals surface area contributed by atoms with Crippen molar-refractivity contribution < 1.29 is 36.2 Å². The number of aliphatic carboxylic acids is 1. The number of hydrogen-bond acceptors (Lipinski definition) is 7. The highest BCUT2D eigenvalue weighted by Gasteiger charge is 2.39. The maximum atomic E-state index is 13.9. The largest absolute Gasteiger partial charge is 0.493 e. The first-order valence-corrected chi connectivity index (χ1v) is 15.8. The quantitative estimate of drug-likeness (QED) is 0.256. The predicted octanol–water partition coefficient (Wildman–Crippen LogP) is 4.82. The number of methoxy groups -OCH3 is 2. The minimum Gasteiger partial charge on any atom is -0.493 e. The zero-order valence-corrected chi connectivity index (χ0v) is 23.7. The number of carboxylic acid groups (broad SMARTS) is 1. The molecule has 0 saturated heterocycles. The fourth-order valence-electron chi connectivity index (χ4n) is 4.56. The molecule has 0 aromatic heterocycles. The first-order chi connectivity index (χ1) is 18.6.